The molecule has 0 saturated heterocycles. The predicted molar refractivity (Wildman–Crippen MR) is 94.2 cm³/mol. The van der Waals surface area contributed by atoms with E-state index in [1.807, 2.05) is 8.57 Å². The molecule has 1 aliphatic rings. The van der Waals surface area contributed by atoms with Gasteiger partial charge < -0.3 is 0 Å². The van der Waals surface area contributed by atoms with Crippen LogP contribution in [0.15, 0.2) is 30.7 Å². The Labute approximate surface area is 161 Å². The number of hydrogen-bond acceptors (Lipinski definition) is 4. The summed E-state index contributed by atoms with van der Waals surface area (Å²) in [5.74, 6) is 0.608. The van der Waals surface area contributed by atoms with E-state index in [0.29, 0.717) is 56.3 Å². The van der Waals surface area contributed by atoms with Crippen molar-refractivity contribution in [2.24, 2.45) is 0 Å². The number of ether oxygens (including phenoxy) is 1. The summed E-state index contributed by atoms with van der Waals surface area (Å²) in [5.41, 5.74) is 2.13. The number of imidazole rings is 1. The fraction of sp³-hybridized carbons (Fsp3) is 0.312. The molecule has 0 radical (unpaired) electrons. The maximum absolute atomic E-state index is 12.8. The summed E-state index contributed by atoms with van der Waals surface area (Å²) in [6.07, 6.45) is 3.89. The molecule has 128 valence electrons. The van der Waals surface area contributed by atoms with Crippen molar-refractivity contribution in [2.75, 3.05) is 37.0 Å². The number of rotatable bonds is 3. The summed E-state index contributed by atoms with van der Waals surface area (Å²) >= 11 is 0.633. The number of benzene rings is 1. The van der Waals surface area contributed by atoms with Crippen LogP contribution in [0.4, 0.5) is 16.2 Å². The van der Waals surface area contributed by atoms with E-state index >= 15 is 0 Å². The Morgan fingerprint density at radius 2 is 2.24 bits per heavy atom. The third-order valence-electron chi connectivity index (χ3n) is 4.00. The fourth-order valence-electron chi connectivity index (χ4n) is 2.68. The van der Waals surface area contributed by atoms with E-state index in [1.165, 1.54) is 4.90 Å². The molecule has 0 unspecified atom stereocenters. The molecule has 25 heavy (non-hydrogen) atoms. The van der Waals surface area contributed by atoms with Crippen LogP contribution in [0.25, 0.3) is 0 Å². The third-order valence-corrected chi connectivity index (χ3v) is 5.10. The van der Waals surface area contributed by atoms with E-state index in [2.05, 4.69) is 10.3 Å². The number of carbonyl (C=O) groups excluding carboxylic acids is 2. The van der Waals surface area contributed by atoms with Crippen molar-refractivity contribution >= 4 is 49.4 Å². The second-order valence-corrected chi connectivity index (χ2v) is 7.97. The quantitative estimate of drug-likeness (QED) is 0.586. The fourth-order valence-corrected chi connectivity index (χ4v) is 3.61. The van der Waals surface area contributed by atoms with E-state index in [1.54, 1.807) is 43.5 Å². The van der Waals surface area contributed by atoms with Gasteiger partial charge in [-0.2, -0.15) is 0 Å². The van der Waals surface area contributed by atoms with Gasteiger partial charge in [-0.05, 0) is 0 Å². The van der Waals surface area contributed by atoms with Crippen LogP contribution >= 0.6 is 0 Å². The first-order valence-electron chi connectivity index (χ1n) is 7.80. The SMILES string of the molecule is CNC(=O)N(C)c1ccc2c(c1)N(C(=O)Cc1c[n]([Tl])cn1)CCO2. The molecule has 1 N–H and O–H groups in total. The van der Waals surface area contributed by atoms with Gasteiger partial charge in [-0.15, -0.1) is 0 Å². The Balaban J connectivity index is 1.86. The number of urea groups is 1. The van der Waals surface area contributed by atoms with E-state index in [-0.39, 0.29) is 18.4 Å². The Morgan fingerprint density at radius 3 is 2.92 bits per heavy atom. The summed E-state index contributed by atoms with van der Waals surface area (Å²) in [6.45, 7) is 0.919. The van der Waals surface area contributed by atoms with E-state index in [4.69, 9.17) is 4.74 Å². The first-order chi connectivity index (χ1) is 12.0. The molecule has 0 saturated carbocycles. The van der Waals surface area contributed by atoms with Crippen molar-refractivity contribution in [2.45, 2.75) is 6.42 Å². The molecule has 2 heterocycles. The van der Waals surface area contributed by atoms with Crippen molar-refractivity contribution < 1.29 is 14.3 Å². The number of fused-ring (bicyclic) bond motifs is 1. The Kier molecular flexibility index (Phi) is 5.25. The molecular formula is C16H18N5O3Tl. The Hall–Kier alpha value is -2.11. The summed E-state index contributed by atoms with van der Waals surface area (Å²) in [4.78, 5) is 32.0. The van der Waals surface area contributed by atoms with Crippen LogP contribution in [0.1, 0.15) is 5.69 Å². The molecule has 0 bridgehead atoms. The average Bonchev–Trinajstić information content (AvgIpc) is 3.04. The molecule has 0 fully saturated rings. The van der Waals surface area contributed by atoms with Crippen molar-refractivity contribution in [1.82, 2.24) is 12.7 Å². The van der Waals surface area contributed by atoms with Gasteiger partial charge in [0.2, 0.25) is 0 Å². The second-order valence-electron chi connectivity index (χ2n) is 5.65. The molecular weight excluding hydrogens is 515 g/mol. The van der Waals surface area contributed by atoms with Crippen LogP contribution in [0, 0.1) is 0 Å². The summed E-state index contributed by atoms with van der Waals surface area (Å²) in [5, 5.41) is 2.58. The zero-order valence-electron chi connectivity index (χ0n) is 14.1. The van der Waals surface area contributed by atoms with Gasteiger partial charge in [0.25, 0.3) is 0 Å². The first kappa shape index (κ1) is 17.7. The van der Waals surface area contributed by atoms with Crippen LogP contribution in [-0.2, 0) is 11.2 Å². The third kappa shape index (κ3) is 3.78. The molecule has 1 aromatic heterocycles. The van der Waals surface area contributed by atoms with Crippen LogP contribution < -0.4 is 19.9 Å². The van der Waals surface area contributed by atoms with Crippen molar-refractivity contribution in [3.05, 3.63) is 36.4 Å². The summed E-state index contributed by atoms with van der Waals surface area (Å²) < 4.78 is 7.63. The standard InChI is InChI=1S/C16H19N5O3.Tl/c1-17-16(23)20(2)12-3-4-14-13(8-12)21(5-6-24-14)15(22)7-11-9-18-10-19-11;/h3-4,8-10H,5-7H2,1-2H3,(H2,17,18,19,23);/q;+1/p-1. The van der Waals surface area contributed by atoms with Crippen molar-refractivity contribution in [3.63, 3.8) is 0 Å². The number of amides is 3. The minimum atomic E-state index is -0.229. The number of anilines is 2. The summed E-state index contributed by atoms with van der Waals surface area (Å²) in [6, 6.07) is 5.16. The number of nitrogens with zero attached hydrogens (tertiary/aromatic N) is 4. The van der Waals surface area contributed by atoms with Gasteiger partial charge in [0, 0.05) is 7.05 Å². The molecule has 3 rings (SSSR count). The molecule has 0 aliphatic carbocycles. The number of carbonyl (C=O) groups is 2. The molecule has 9 heteroatoms. The van der Waals surface area contributed by atoms with E-state index in [0.717, 1.165) is 5.69 Å². The normalized spacial score (nSPS) is 12.9. The molecule has 2 aromatic rings. The molecule has 0 atom stereocenters. The Morgan fingerprint density at radius 1 is 1.44 bits per heavy atom. The van der Waals surface area contributed by atoms with Gasteiger partial charge in [-0.1, -0.05) is 0 Å². The van der Waals surface area contributed by atoms with Gasteiger partial charge in [0.1, 0.15) is 0 Å². The number of hydrogen-bond donors (Lipinski definition) is 1. The van der Waals surface area contributed by atoms with Crippen molar-refractivity contribution in [3.8, 4) is 5.75 Å². The monoisotopic (exact) mass is 533 g/mol. The topological polar surface area (TPSA) is 79.7 Å². The zero-order chi connectivity index (χ0) is 18.0. The average molecular weight is 533 g/mol. The number of nitrogens with one attached hydrogen (secondary N) is 1. The van der Waals surface area contributed by atoms with Crippen LogP contribution in [-0.4, -0.2) is 72.6 Å². The minimum absolute atomic E-state index is 0.0343. The zero-order valence-corrected chi connectivity index (χ0v) is 18.6. The van der Waals surface area contributed by atoms with Crippen LogP contribution in [0.5, 0.6) is 5.75 Å². The molecule has 1 aromatic carbocycles. The second kappa shape index (κ2) is 7.42. The molecule has 8 nitrogen and oxygen atoms in total. The van der Waals surface area contributed by atoms with Gasteiger partial charge >= 0.3 is 155 Å². The number of aromatic nitrogens is 2. The van der Waals surface area contributed by atoms with Gasteiger partial charge in [0.15, 0.2) is 0 Å². The molecule has 0 spiro atoms. The molecule has 3 amide bonds. The van der Waals surface area contributed by atoms with Gasteiger partial charge in [-0.25, -0.2) is 0 Å². The van der Waals surface area contributed by atoms with E-state index in [9.17, 15) is 9.59 Å². The maximum atomic E-state index is 12.8. The van der Waals surface area contributed by atoms with Gasteiger partial charge in [-0.3, -0.25) is 0 Å². The first-order valence-corrected chi connectivity index (χ1v) is 9.81. The molecule has 1 aliphatic heterocycles. The summed E-state index contributed by atoms with van der Waals surface area (Å²) in [7, 11) is 3.25. The Bertz CT molecular complexity index is 807. The van der Waals surface area contributed by atoms with Crippen molar-refractivity contribution in [1.29, 1.82) is 0 Å². The van der Waals surface area contributed by atoms with Crippen LogP contribution in [0.3, 0.4) is 0 Å². The predicted octanol–water partition coefficient (Wildman–Crippen LogP) is 0.558. The van der Waals surface area contributed by atoms with Crippen LogP contribution in [0.2, 0.25) is 0 Å². The van der Waals surface area contributed by atoms with E-state index < -0.39 is 0 Å². The van der Waals surface area contributed by atoms with Gasteiger partial charge in [0.05, 0.1) is 0 Å².